The van der Waals surface area contributed by atoms with E-state index in [1.807, 2.05) is 24.3 Å². The second-order valence-electron chi connectivity index (χ2n) is 9.50. The van der Waals surface area contributed by atoms with Crippen molar-refractivity contribution in [2.75, 3.05) is 30.6 Å². The quantitative estimate of drug-likeness (QED) is 0.496. The van der Waals surface area contributed by atoms with Gasteiger partial charge < -0.3 is 4.90 Å². The maximum atomic E-state index is 13.1. The first kappa shape index (κ1) is 25.4. The highest BCUT2D eigenvalue weighted by Gasteiger charge is 2.27. The molecule has 0 aliphatic carbocycles. The first-order valence-electron chi connectivity index (χ1n) is 11.5. The topological polar surface area (TPSA) is 66.5 Å². The molecule has 5 nitrogen and oxygen atoms in total. The number of benzene rings is 2. The van der Waals surface area contributed by atoms with Crippen molar-refractivity contribution in [1.29, 1.82) is 0 Å². The molecular formula is C26H34FN2O3S. The van der Waals surface area contributed by atoms with E-state index in [1.54, 1.807) is 12.1 Å². The van der Waals surface area contributed by atoms with Crippen LogP contribution in [0.25, 0.3) is 0 Å². The van der Waals surface area contributed by atoms with Crippen LogP contribution in [0.3, 0.4) is 0 Å². The van der Waals surface area contributed by atoms with E-state index in [1.165, 1.54) is 23.6 Å². The van der Waals surface area contributed by atoms with Gasteiger partial charge in [-0.15, -0.1) is 0 Å². The van der Waals surface area contributed by atoms with Crippen molar-refractivity contribution in [3.63, 3.8) is 0 Å². The Morgan fingerprint density at radius 1 is 1.06 bits per heavy atom. The number of halogens is 1. The number of carbonyl (C=O) groups is 1. The highest BCUT2D eigenvalue weighted by Crippen LogP contribution is 2.26. The Morgan fingerprint density at radius 2 is 1.67 bits per heavy atom. The van der Waals surface area contributed by atoms with E-state index in [9.17, 15) is 17.6 Å². The molecule has 0 saturated carbocycles. The summed E-state index contributed by atoms with van der Waals surface area (Å²) in [6, 6.07) is 13.4. The minimum absolute atomic E-state index is 0.000441. The Balaban J connectivity index is 1.55. The third kappa shape index (κ3) is 8.23. The van der Waals surface area contributed by atoms with Crippen LogP contribution >= 0.6 is 0 Å². The number of anilines is 1. The van der Waals surface area contributed by atoms with Crippen molar-refractivity contribution in [3.05, 3.63) is 71.4 Å². The van der Waals surface area contributed by atoms with E-state index in [0.29, 0.717) is 17.2 Å². The Bertz CT molecular complexity index is 1010. The Morgan fingerprint density at radius 3 is 2.21 bits per heavy atom. The summed E-state index contributed by atoms with van der Waals surface area (Å²) in [5.41, 5.74) is 2.35. The normalized spacial score (nSPS) is 16.6. The molecule has 1 atom stereocenters. The summed E-state index contributed by atoms with van der Waals surface area (Å²) in [7, 11) is -3.28. The number of hydrogen-bond donors (Lipinski definition) is 1. The van der Waals surface area contributed by atoms with Crippen LogP contribution in [-0.4, -0.2) is 45.0 Å². The summed E-state index contributed by atoms with van der Waals surface area (Å²) in [4.78, 5) is 15.2. The predicted octanol–water partition coefficient (Wildman–Crippen LogP) is 4.96. The fourth-order valence-electron chi connectivity index (χ4n) is 4.63. The average molecular weight is 474 g/mol. The minimum Gasteiger partial charge on any atom is -0.303 e. The van der Waals surface area contributed by atoms with E-state index in [4.69, 9.17) is 0 Å². The molecule has 7 heteroatoms. The molecule has 1 aliphatic heterocycles. The lowest BCUT2D eigenvalue weighted by Gasteiger charge is -2.34. The molecule has 1 aliphatic rings. The lowest BCUT2D eigenvalue weighted by Crippen LogP contribution is -2.39. The molecule has 0 unspecified atom stereocenters. The predicted molar refractivity (Wildman–Crippen MR) is 131 cm³/mol. The summed E-state index contributed by atoms with van der Waals surface area (Å²) < 4.78 is 38.5. The average Bonchev–Trinajstić information content (AvgIpc) is 2.74. The molecule has 2 aromatic rings. The smallest absolute Gasteiger partial charge is 0.229 e. The largest absolute Gasteiger partial charge is 0.303 e. The number of sulfonamides is 1. The zero-order valence-electron chi connectivity index (χ0n) is 19.7. The summed E-state index contributed by atoms with van der Waals surface area (Å²) in [6.07, 6.45) is 4.73. The number of hydrogen-bond acceptors (Lipinski definition) is 4. The molecular weight excluding hydrogens is 439 g/mol. The molecule has 1 fully saturated rings. The van der Waals surface area contributed by atoms with E-state index in [-0.39, 0.29) is 17.5 Å². The molecule has 0 bridgehead atoms. The monoisotopic (exact) mass is 473 g/mol. The van der Waals surface area contributed by atoms with Gasteiger partial charge in [0, 0.05) is 23.7 Å². The van der Waals surface area contributed by atoms with Crippen LogP contribution < -0.4 is 4.72 Å². The van der Waals surface area contributed by atoms with Crippen molar-refractivity contribution >= 4 is 21.5 Å². The van der Waals surface area contributed by atoms with Crippen LogP contribution in [0, 0.1) is 23.6 Å². The Kier molecular flexibility index (Phi) is 8.65. The first-order chi connectivity index (χ1) is 15.6. The minimum atomic E-state index is -3.28. The van der Waals surface area contributed by atoms with Crippen LogP contribution in [-0.2, 0) is 16.4 Å². The van der Waals surface area contributed by atoms with Gasteiger partial charge in [0.05, 0.1) is 6.26 Å². The highest BCUT2D eigenvalue weighted by molar-refractivity contribution is 7.92. The molecule has 1 saturated heterocycles. The maximum Gasteiger partial charge on any atom is 0.229 e. The highest BCUT2D eigenvalue weighted by atomic mass is 32.2. The molecule has 1 radical (unpaired) electrons. The molecule has 0 spiro atoms. The fraction of sp³-hybridized carbons (Fsp3) is 0.462. The zero-order chi connectivity index (χ0) is 24.0. The third-order valence-corrected chi connectivity index (χ3v) is 6.69. The van der Waals surface area contributed by atoms with Crippen LogP contribution in [0.5, 0.6) is 0 Å². The fourth-order valence-corrected chi connectivity index (χ4v) is 5.19. The van der Waals surface area contributed by atoms with E-state index >= 15 is 0 Å². The van der Waals surface area contributed by atoms with Gasteiger partial charge in [0.25, 0.3) is 0 Å². The molecule has 0 amide bonds. The Labute approximate surface area is 197 Å². The number of rotatable bonds is 10. The van der Waals surface area contributed by atoms with Crippen molar-refractivity contribution in [3.8, 4) is 0 Å². The van der Waals surface area contributed by atoms with Gasteiger partial charge in [0.1, 0.15) is 5.82 Å². The van der Waals surface area contributed by atoms with Gasteiger partial charge in [-0.3, -0.25) is 9.52 Å². The molecule has 33 heavy (non-hydrogen) atoms. The van der Waals surface area contributed by atoms with E-state index < -0.39 is 10.0 Å². The lowest BCUT2D eigenvalue weighted by atomic mass is 9.87. The van der Waals surface area contributed by atoms with Crippen molar-refractivity contribution < 1.29 is 17.6 Å². The molecule has 1 heterocycles. The van der Waals surface area contributed by atoms with Gasteiger partial charge in [0.15, 0.2) is 5.78 Å². The summed E-state index contributed by atoms with van der Waals surface area (Å²) in [5.74, 6) is 1.63. The second-order valence-corrected chi connectivity index (χ2v) is 11.2. The van der Waals surface area contributed by atoms with Crippen LogP contribution in [0.1, 0.15) is 49.0 Å². The summed E-state index contributed by atoms with van der Waals surface area (Å²) >= 11 is 0. The number of ketones is 1. The summed E-state index contributed by atoms with van der Waals surface area (Å²) in [5, 5.41) is 0. The SMILES string of the molecule is C[C](C)C[C@H](Cc1ccc(NS(C)(=O)=O)cc1)CN1CCC(C(=O)c2ccc(F)cc2)CC1. The number of piperidine rings is 1. The van der Waals surface area contributed by atoms with E-state index in [2.05, 4.69) is 23.5 Å². The first-order valence-corrected chi connectivity index (χ1v) is 13.4. The standard InChI is InChI=1S/C26H34FN2O3S/c1-19(2)16-21(17-20-4-10-25(11-5-20)28-33(3,31)32)18-29-14-12-23(13-15-29)26(30)22-6-8-24(27)9-7-22/h4-11,21,23,28H,12-18H2,1-3H3/t21-/m1/s1. The molecule has 0 aromatic heterocycles. The maximum absolute atomic E-state index is 13.1. The van der Waals surface area contributed by atoms with Gasteiger partial charge in [-0.05, 0) is 92.6 Å². The molecule has 3 rings (SSSR count). The van der Waals surface area contributed by atoms with Gasteiger partial charge in [-0.25, -0.2) is 12.8 Å². The third-order valence-electron chi connectivity index (χ3n) is 6.08. The number of Topliss-reactive ketones (excluding diaryl/α,β-unsaturated/α-hetero) is 1. The number of nitrogens with zero attached hydrogens (tertiary/aromatic N) is 1. The van der Waals surface area contributed by atoms with Crippen LogP contribution in [0.4, 0.5) is 10.1 Å². The van der Waals surface area contributed by atoms with E-state index in [0.717, 1.165) is 51.6 Å². The van der Waals surface area contributed by atoms with Crippen LogP contribution in [0.15, 0.2) is 48.5 Å². The van der Waals surface area contributed by atoms with Gasteiger partial charge in [-0.2, -0.15) is 0 Å². The zero-order valence-corrected chi connectivity index (χ0v) is 20.5. The van der Waals surface area contributed by atoms with Gasteiger partial charge in [-0.1, -0.05) is 26.0 Å². The molecule has 1 N–H and O–H groups in total. The second kappa shape index (κ2) is 11.3. The lowest BCUT2D eigenvalue weighted by molar-refractivity contribution is 0.0825. The number of carbonyl (C=O) groups excluding carboxylic acids is 1. The molecule has 179 valence electrons. The summed E-state index contributed by atoms with van der Waals surface area (Å²) in [6.45, 7) is 7.04. The van der Waals surface area contributed by atoms with Crippen molar-refractivity contribution in [1.82, 2.24) is 4.90 Å². The number of likely N-dealkylation sites (tertiary alicyclic amines) is 1. The molecule has 2 aromatic carbocycles. The van der Waals surface area contributed by atoms with Gasteiger partial charge in [0.2, 0.25) is 10.0 Å². The number of nitrogens with one attached hydrogen (secondary N) is 1. The van der Waals surface area contributed by atoms with Crippen molar-refractivity contribution in [2.45, 2.75) is 39.5 Å². The van der Waals surface area contributed by atoms with Crippen molar-refractivity contribution in [2.24, 2.45) is 11.8 Å². The van der Waals surface area contributed by atoms with Gasteiger partial charge >= 0.3 is 0 Å². The Hall–Kier alpha value is -2.25. The van der Waals surface area contributed by atoms with Crippen LogP contribution in [0.2, 0.25) is 0 Å².